The highest BCUT2D eigenvalue weighted by molar-refractivity contribution is 9.10. The van der Waals surface area contributed by atoms with E-state index in [9.17, 15) is 13.9 Å². The van der Waals surface area contributed by atoms with E-state index in [2.05, 4.69) is 21.2 Å². The van der Waals surface area contributed by atoms with Crippen molar-refractivity contribution in [3.63, 3.8) is 0 Å². The van der Waals surface area contributed by atoms with Crippen LogP contribution in [0.5, 0.6) is 0 Å². The molecule has 19 heavy (non-hydrogen) atoms. The Morgan fingerprint density at radius 3 is 2.63 bits per heavy atom. The Balaban J connectivity index is 2.00. The topological polar surface area (TPSA) is 32.3 Å². The van der Waals surface area contributed by atoms with Gasteiger partial charge in [-0.05, 0) is 51.8 Å². The fraction of sp³-hybridized carbons (Fsp3) is 0.143. The molecule has 0 saturated carbocycles. The Morgan fingerprint density at radius 2 is 1.95 bits per heavy atom. The van der Waals surface area contributed by atoms with Crippen LogP contribution in [0.2, 0.25) is 0 Å². The molecule has 2 rings (SSSR count). The zero-order valence-corrected chi connectivity index (χ0v) is 11.5. The highest BCUT2D eigenvalue weighted by atomic mass is 79.9. The number of rotatable bonds is 4. The number of aliphatic hydroxyl groups excluding tert-OH is 1. The summed E-state index contributed by atoms with van der Waals surface area (Å²) in [5, 5.41) is 12.8. The van der Waals surface area contributed by atoms with Gasteiger partial charge in [0.1, 0.15) is 11.6 Å². The number of nitrogens with one attached hydrogen (secondary N) is 1. The lowest BCUT2D eigenvalue weighted by Crippen LogP contribution is -2.12. The number of hydrogen-bond acceptors (Lipinski definition) is 2. The summed E-state index contributed by atoms with van der Waals surface area (Å²) >= 11 is 3.06. The second-order valence-corrected chi connectivity index (χ2v) is 4.93. The molecule has 0 amide bonds. The lowest BCUT2D eigenvalue weighted by Gasteiger charge is -2.13. The molecule has 0 aromatic heterocycles. The van der Waals surface area contributed by atoms with Gasteiger partial charge in [-0.3, -0.25) is 0 Å². The molecule has 100 valence electrons. The third-order valence-corrected chi connectivity index (χ3v) is 3.30. The van der Waals surface area contributed by atoms with Gasteiger partial charge in [-0.15, -0.1) is 0 Å². The van der Waals surface area contributed by atoms with Crippen molar-refractivity contribution < 1.29 is 13.9 Å². The Labute approximate surface area is 118 Å². The molecular formula is C14H12BrF2NO. The van der Waals surface area contributed by atoms with Crippen molar-refractivity contribution in [2.24, 2.45) is 0 Å². The van der Waals surface area contributed by atoms with Crippen molar-refractivity contribution in [1.29, 1.82) is 0 Å². The van der Waals surface area contributed by atoms with Crippen molar-refractivity contribution in [3.8, 4) is 0 Å². The predicted molar refractivity (Wildman–Crippen MR) is 73.9 cm³/mol. The molecule has 2 N–H and O–H groups in total. The maximum Gasteiger partial charge on any atom is 0.139 e. The van der Waals surface area contributed by atoms with Crippen molar-refractivity contribution in [1.82, 2.24) is 0 Å². The molecular weight excluding hydrogens is 316 g/mol. The average molecular weight is 328 g/mol. The zero-order chi connectivity index (χ0) is 13.8. The number of halogens is 3. The lowest BCUT2D eigenvalue weighted by molar-refractivity contribution is 0.191. The smallest absolute Gasteiger partial charge is 0.139 e. The fourth-order valence-corrected chi connectivity index (χ4v) is 1.90. The summed E-state index contributed by atoms with van der Waals surface area (Å²) in [5.74, 6) is -0.781. The molecule has 2 aromatic rings. The van der Waals surface area contributed by atoms with Crippen LogP contribution in [-0.2, 0) is 0 Å². The molecule has 1 atom stereocenters. The van der Waals surface area contributed by atoms with E-state index in [1.165, 1.54) is 24.3 Å². The minimum Gasteiger partial charge on any atom is -0.387 e. The third-order valence-electron chi connectivity index (χ3n) is 2.65. The van der Waals surface area contributed by atoms with E-state index in [-0.39, 0.29) is 12.4 Å². The van der Waals surface area contributed by atoms with E-state index in [1.807, 2.05) is 0 Å². The van der Waals surface area contributed by atoms with Crippen molar-refractivity contribution in [3.05, 3.63) is 64.1 Å². The van der Waals surface area contributed by atoms with Crippen LogP contribution in [0, 0.1) is 11.6 Å². The number of aliphatic hydroxyl groups is 1. The molecule has 2 aromatic carbocycles. The van der Waals surface area contributed by atoms with Crippen LogP contribution in [0.25, 0.3) is 0 Å². The van der Waals surface area contributed by atoms with Crippen molar-refractivity contribution >= 4 is 21.6 Å². The monoisotopic (exact) mass is 327 g/mol. The molecule has 0 bridgehead atoms. The molecule has 0 saturated heterocycles. The summed E-state index contributed by atoms with van der Waals surface area (Å²) in [7, 11) is 0. The normalized spacial score (nSPS) is 12.2. The number of benzene rings is 2. The third kappa shape index (κ3) is 3.75. The first kappa shape index (κ1) is 14.0. The Kier molecular flexibility index (Phi) is 4.50. The molecule has 5 heteroatoms. The molecule has 1 unspecified atom stereocenters. The molecule has 2 nitrogen and oxygen atoms in total. The van der Waals surface area contributed by atoms with Gasteiger partial charge in [0.15, 0.2) is 0 Å². The summed E-state index contributed by atoms with van der Waals surface area (Å²) in [5.41, 5.74) is 1.03. The minimum atomic E-state index is -0.859. The van der Waals surface area contributed by atoms with Crippen LogP contribution in [0.1, 0.15) is 11.7 Å². The van der Waals surface area contributed by atoms with Crippen LogP contribution < -0.4 is 5.32 Å². The molecule has 0 aliphatic heterocycles. The van der Waals surface area contributed by atoms with Gasteiger partial charge in [-0.2, -0.15) is 0 Å². The first-order valence-corrected chi connectivity index (χ1v) is 6.48. The van der Waals surface area contributed by atoms with Gasteiger partial charge < -0.3 is 10.4 Å². The van der Waals surface area contributed by atoms with E-state index in [0.717, 1.165) is 0 Å². The largest absolute Gasteiger partial charge is 0.387 e. The Bertz CT molecular complexity index is 577. The predicted octanol–water partition coefficient (Wildman–Crippen LogP) is 3.87. The van der Waals surface area contributed by atoms with Gasteiger partial charge in [-0.25, -0.2) is 8.78 Å². The van der Waals surface area contributed by atoms with Crippen molar-refractivity contribution in [2.75, 3.05) is 11.9 Å². The van der Waals surface area contributed by atoms with E-state index < -0.39 is 11.9 Å². The first-order valence-electron chi connectivity index (χ1n) is 5.69. The summed E-state index contributed by atoms with van der Waals surface area (Å²) in [6, 6.07) is 10.3. The lowest BCUT2D eigenvalue weighted by atomic mass is 10.1. The van der Waals surface area contributed by atoms with Gasteiger partial charge in [0, 0.05) is 12.2 Å². The fourth-order valence-electron chi connectivity index (χ4n) is 1.65. The maximum absolute atomic E-state index is 13.3. The number of hydrogen-bond donors (Lipinski definition) is 2. The van der Waals surface area contributed by atoms with Gasteiger partial charge in [0.2, 0.25) is 0 Å². The second kappa shape index (κ2) is 6.12. The number of anilines is 1. The second-order valence-electron chi connectivity index (χ2n) is 4.08. The summed E-state index contributed by atoms with van der Waals surface area (Å²) < 4.78 is 26.7. The van der Waals surface area contributed by atoms with Gasteiger partial charge in [0.05, 0.1) is 10.6 Å². The van der Waals surface area contributed by atoms with Gasteiger partial charge in [0.25, 0.3) is 0 Å². The minimum absolute atomic E-state index is 0.171. The van der Waals surface area contributed by atoms with E-state index in [0.29, 0.717) is 15.7 Å². The van der Waals surface area contributed by atoms with Gasteiger partial charge >= 0.3 is 0 Å². The highest BCUT2D eigenvalue weighted by Crippen LogP contribution is 2.20. The standard InChI is InChI=1S/C14H12BrF2NO/c15-12-5-4-11(7-13(12)17)18-8-14(19)9-2-1-3-10(16)6-9/h1-7,14,18-19H,8H2. The summed E-state index contributed by atoms with van der Waals surface area (Å²) in [4.78, 5) is 0. The van der Waals surface area contributed by atoms with E-state index in [4.69, 9.17) is 0 Å². The first-order chi connectivity index (χ1) is 9.06. The molecule has 0 spiro atoms. The molecule has 0 fully saturated rings. The van der Waals surface area contributed by atoms with Crippen LogP contribution in [0.15, 0.2) is 46.9 Å². The molecule has 0 aliphatic rings. The van der Waals surface area contributed by atoms with Crippen molar-refractivity contribution in [2.45, 2.75) is 6.10 Å². The van der Waals surface area contributed by atoms with Crippen LogP contribution in [-0.4, -0.2) is 11.7 Å². The van der Waals surface area contributed by atoms with E-state index >= 15 is 0 Å². The van der Waals surface area contributed by atoms with Gasteiger partial charge in [-0.1, -0.05) is 12.1 Å². The molecule has 0 radical (unpaired) electrons. The summed E-state index contributed by atoms with van der Waals surface area (Å²) in [6.45, 7) is 0.171. The Hall–Kier alpha value is -1.46. The van der Waals surface area contributed by atoms with Crippen LogP contribution in [0.3, 0.4) is 0 Å². The quantitative estimate of drug-likeness (QED) is 0.893. The van der Waals surface area contributed by atoms with E-state index in [1.54, 1.807) is 18.2 Å². The average Bonchev–Trinajstić information content (AvgIpc) is 2.40. The van der Waals surface area contributed by atoms with Crippen LogP contribution >= 0.6 is 15.9 Å². The molecule has 0 heterocycles. The highest BCUT2D eigenvalue weighted by Gasteiger charge is 2.08. The summed E-state index contributed by atoms with van der Waals surface area (Å²) in [6.07, 6.45) is -0.859. The Morgan fingerprint density at radius 1 is 1.16 bits per heavy atom. The molecule has 0 aliphatic carbocycles. The SMILES string of the molecule is OC(CNc1ccc(Br)c(F)c1)c1cccc(F)c1. The zero-order valence-electron chi connectivity index (χ0n) is 9.91. The van der Waals surface area contributed by atoms with Crippen LogP contribution in [0.4, 0.5) is 14.5 Å². The maximum atomic E-state index is 13.3.